The maximum atomic E-state index is 11.0. The minimum Gasteiger partial charge on any atom is -0.480 e. The van der Waals surface area contributed by atoms with Gasteiger partial charge in [0.1, 0.15) is 5.54 Å². The van der Waals surface area contributed by atoms with Gasteiger partial charge < -0.3 is 10.8 Å². The number of aromatic nitrogens is 1. The Morgan fingerprint density at radius 2 is 2.35 bits per heavy atom. The van der Waals surface area contributed by atoms with Crippen LogP contribution >= 0.6 is 11.3 Å². The molecular formula is C11H17N3O2S. The Morgan fingerprint density at radius 3 is 2.82 bits per heavy atom. The zero-order valence-corrected chi connectivity index (χ0v) is 10.9. The van der Waals surface area contributed by atoms with Crippen LogP contribution in [0.2, 0.25) is 0 Å². The van der Waals surface area contributed by atoms with Crippen molar-refractivity contribution in [1.29, 1.82) is 0 Å². The third kappa shape index (κ3) is 2.48. The highest BCUT2D eigenvalue weighted by Crippen LogP contribution is 2.24. The molecule has 2 rings (SSSR count). The average Bonchev–Trinajstić information content (AvgIpc) is 2.73. The first-order chi connectivity index (χ1) is 7.90. The molecule has 0 aliphatic carbocycles. The van der Waals surface area contributed by atoms with Crippen molar-refractivity contribution in [2.75, 3.05) is 13.1 Å². The normalized spacial score (nSPS) is 25.4. The molecule has 6 heteroatoms. The van der Waals surface area contributed by atoms with Crippen LogP contribution in [0.5, 0.6) is 0 Å². The van der Waals surface area contributed by atoms with Gasteiger partial charge >= 0.3 is 5.97 Å². The first-order valence-corrected chi connectivity index (χ1v) is 6.40. The van der Waals surface area contributed by atoms with Gasteiger partial charge in [-0.3, -0.25) is 9.69 Å². The molecule has 1 aromatic rings. The van der Waals surface area contributed by atoms with Crippen molar-refractivity contribution < 1.29 is 9.90 Å². The van der Waals surface area contributed by atoms with E-state index in [1.807, 2.05) is 13.8 Å². The minimum atomic E-state index is -1.08. The van der Waals surface area contributed by atoms with Crippen molar-refractivity contribution in [2.24, 2.45) is 5.73 Å². The number of nitrogens with zero attached hydrogens (tertiary/aromatic N) is 2. The van der Waals surface area contributed by atoms with E-state index in [-0.39, 0.29) is 0 Å². The third-order valence-corrected chi connectivity index (χ3v) is 4.23. The molecule has 0 spiro atoms. The van der Waals surface area contributed by atoms with E-state index in [2.05, 4.69) is 9.88 Å². The quantitative estimate of drug-likeness (QED) is 0.833. The molecule has 0 saturated carbocycles. The molecule has 0 bridgehead atoms. The molecule has 3 N–H and O–H groups in total. The summed E-state index contributed by atoms with van der Waals surface area (Å²) >= 11 is 1.67. The maximum absolute atomic E-state index is 11.0. The summed E-state index contributed by atoms with van der Waals surface area (Å²) in [7, 11) is 0. The predicted molar refractivity (Wildman–Crippen MR) is 66.0 cm³/mol. The Morgan fingerprint density at radius 1 is 1.65 bits per heavy atom. The molecule has 0 radical (unpaired) electrons. The summed E-state index contributed by atoms with van der Waals surface area (Å²) in [6, 6.07) is 0. The van der Waals surface area contributed by atoms with Crippen LogP contribution in [0.15, 0.2) is 0 Å². The number of nitrogens with two attached hydrogens (primary N) is 1. The maximum Gasteiger partial charge on any atom is 0.325 e. The lowest BCUT2D eigenvalue weighted by Gasteiger charge is -2.19. The van der Waals surface area contributed by atoms with Gasteiger partial charge in [-0.25, -0.2) is 4.98 Å². The monoisotopic (exact) mass is 255 g/mol. The van der Waals surface area contributed by atoms with Gasteiger partial charge in [0, 0.05) is 24.5 Å². The van der Waals surface area contributed by atoms with Gasteiger partial charge in [0.2, 0.25) is 0 Å². The standard InChI is InChI=1S/C11H17N3O2S/c1-7-9(17-8(2)13-7)5-14-4-3-11(12,6-14)10(15)16/h3-6,12H2,1-2H3,(H,15,16). The highest BCUT2D eigenvalue weighted by molar-refractivity contribution is 7.11. The Bertz CT molecular complexity index is 446. The summed E-state index contributed by atoms with van der Waals surface area (Å²) in [5.74, 6) is -0.905. The first kappa shape index (κ1) is 12.5. The lowest BCUT2D eigenvalue weighted by molar-refractivity contribution is -0.142. The van der Waals surface area contributed by atoms with E-state index in [0.29, 0.717) is 13.0 Å². The minimum absolute atomic E-state index is 0.415. The summed E-state index contributed by atoms with van der Waals surface area (Å²) in [5.41, 5.74) is 5.80. The number of aliphatic carboxylic acids is 1. The Kier molecular flexibility index (Phi) is 3.20. The molecule has 0 aromatic carbocycles. The van der Waals surface area contributed by atoms with E-state index < -0.39 is 11.5 Å². The Balaban J connectivity index is 2.03. The second kappa shape index (κ2) is 4.36. The number of hydrogen-bond donors (Lipinski definition) is 2. The van der Waals surface area contributed by atoms with Crippen LogP contribution < -0.4 is 5.73 Å². The molecule has 94 valence electrons. The fraction of sp³-hybridized carbons (Fsp3) is 0.636. The zero-order valence-electron chi connectivity index (χ0n) is 10.1. The summed E-state index contributed by atoms with van der Waals surface area (Å²) in [6.45, 7) is 5.87. The number of thiazole rings is 1. The molecule has 0 amide bonds. The molecule has 1 unspecified atom stereocenters. The molecule has 1 aliphatic heterocycles. The lowest BCUT2D eigenvalue weighted by atomic mass is 10.0. The lowest BCUT2D eigenvalue weighted by Crippen LogP contribution is -2.50. The van der Waals surface area contributed by atoms with Crippen LogP contribution in [-0.4, -0.2) is 39.6 Å². The van der Waals surface area contributed by atoms with E-state index in [9.17, 15) is 4.79 Å². The van der Waals surface area contributed by atoms with Gasteiger partial charge in [-0.2, -0.15) is 0 Å². The summed E-state index contributed by atoms with van der Waals surface area (Å²) < 4.78 is 0. The van der Waals surface area contributed by atoms with E-state index in [1.54, 1.807) is 11.3 Å². The van der Waals surface area contributed by atoms with Gasteiger partial charge in [-0.1, -0.05) is 0 Å². The van der Waals surface area contributed by atoms with Crippen LogP contribution in [0.1, 0.15) is 22.0 Å². The highest BCUT2D eigenvalue weighted by atomic mass is 32.1. The molecule has 1 atom stereocenters. The zero-order chi connectivity index (χ0) is 12.6. The van der Waals surface area contributed by atoms with E-state index in [4.69, 9.17) is 10.8 Å². The van der Waals surface area contributed by atoms with Crippen molar-refractivity contribution >= 4 is 17.3 Å². The van der Waals surface area contributed by atoms with Crippen molar-refractivity contribution in [1.82, 2.24) is 9.88 Å². The van der Waals surface area contributed by atoms with Crippen molar-refractivity contribution in [3.63, 3.8) is 0 Å². The van der Waals surface area contributed by atoms with E-state index in [1.165, 1.54) is 4.88 Å². The predicted octanol–water partition coefficient (Wildman–Crippen LogP) is 0.748. The van der Waals surface area contributed by atoms with Crippen LogP contribution in [0.25, 0.3) is 0 Å². The number of carbonyl (C=O) groups is 1. The first-order valence-electron chi connectivity index (χ1n) is 5.58. The number of rotatable bonds is 3. The Labute approximate surface area is 104 Å². The van der Waals surface area contributed by atoms with Crippen LogP contribution in [0, 0.1) is 13.8 Å². The van der Waals surface area contributed by atoms with Gasteiger partial charge in [0.05, 0.1) is 10.7 Å². The highest BCUT2D eigenvalue weighted by Gasteiger charge is 2.41. The smallest absolute Gasteiger partial charge is 0.325 e. The van der Waals surface area contributed by atoms with Gasteiger partial charge in [-0.05, 0) is 20.3 Å². The number of aryl methyl sites for hydroxylation is 2. The fourth-order valence-corrected chi connectivity index (χ4v) is 3.13. The average molecular weight is 255 g/mol. The third-order valence-electron chi connectivity index (χ3n) is 3.17. The molecule has 2 heterocycles. The van der Waals surface area contributed by atoms with Gasteiger partial charge in [0.25, 0.3) is 0 Å². The largest absolute Gasteiger partial charge is 0.480 e. The Hall–Kier alpha value is -0.980. The molecule has 5 nitrogen and oxygen atoms in total. The number of hydrogen-bond acceptors (Lipinski definition) is 5. The van der Waals surface area contributed by atoms with Gasteiger partial charge in [-0.15, -0.1) is 11.3 Å². The molecular weight excluding hydrogens is 238 g/mol. The second-order valence-electron chi connectivity index (χ2n) is 4.66. The van der Waals surface area contributed by atoms with Crippen LogP contribution in [-0.2, 0) is 11.3 Å². The molecule has 17 heavy (non-hydrogen) atoms. The molecule has 1 aromatic heterocycles. The number of likely N-dealkylation sites (tertiary alicyclic amines) is 1. The van der Waals surface area contributed by atoms with Gasteiger partial charge in [0.15, 0.2) is 0 Å². The van der Waals surface area contributed by atoms with E-state index >= 15 is 0 Å². The SMILES string of the molecule is Cc1nc(C)c(CN2CCC(N)(C(=O)O)C2)s1. The second-order valence-corrected chi connectivity index (χ2v) is 5.95. The van der Waals surface area contributed by atoms with E-state index in [0.717, 1.165) is 23.8 Å². The van der Waals surface area contributed by atoms with Crippen LogP contribution in [0.3, 0.4) is 0 Å². The fourth-order valence-electron chi connectivity index (χ4n) is 2.15. The van der Waals surface area contributed by atoms with Crippen molar-refractivity contribution in [3.8, 4) is 0 Å². The van der Waals surface area contributed by atoms with Crippen molar-refractivity contribution in [2.45, 2.75) is 32.4 Å². The summed E-state index contributed by atoms with van der Waals surface area (Å²) in [6.07, 6.45) is 0.513. The summed E-state index contributed by atoms with van der Waals surface area (Å²) in [4.78, 5) is 18.7. The molecule has 1 fully saturated rings. The number of carboxylic acid groups (broad SMARTS) is 1. The van der Waals surface area contributed by atoms with Crippen molar-refractivity contribution in [3.05, 3.63) is 15.6 Å². The summed E-state index contributed by atoms with van der Waals surface area (Å²) in [5, 5.41) is 10.1. The van der Waals surface area contributed by atoms with Crippen LogP contribution in [0.4, 0.5) is 0 Å². The molecule has 1 saturated heterocycles. The number of carboxylic acids is 1. The molecule has 1 aliphatic rings. The topological polar surface area (TPSA) is 79.5 Å².